The van der Waals surface area contributed by atoms with Crippen molar-refractivity contribution in [2.45, 2.75) is 84.6 Å². The Morgan fingerprint density at radius 2 is 1.83 bits per heavy atom. The first-order valence-corrected chi connectivity index (χ1v) is 11.6. The molecule has 2 heterocycles. The largest absolute Gasteiger partial charge is 0.511 e. The lowest BCUT2D eigenvalue weighted by Crippen LogP contribution is -2.40. The van der Waals surface area contributed by atoms with Gasteiger partial charge in [0.05, 0.1) is 0 Å². The predicted molar refractivity (Wildman–Crippen MR) is 118 cm³/mol. The van der Waals surface area contributed by atoms with Crippen LogP contribution < -0.4 is 5.32 Å². The molecule has 6 heteroatoms. The fourth-order valence-corrected chi connectivity index (χ4v) is 4.23. The molecule has 2 N–H and O–H groups in total. The summed E-state index contributed by atoms with van der Waals surface area (Å²) in [6, 6.07) is -0.821. The average molecular weight is 419 g/mol. The molecule has 0 aromatic rings. The number of aliphatic hydroxyl groups is 1. The fourth-order valence-electron chi connectivity index (χ4n) is 4.23. The molecule has 2 saturated heterocycles. The molecule has 0 aromatic carbocycles. The number of carbonyl (C=O) groups excluding carboxylic acids is 3. The Labute approximate surface area is 180 Å². The highest BCUT2D eigenvalue weighted by Gasteiger charge is 2.48. The molecule has 2 rings (SSSR count). The quantitative estimate of drug-likeness (QED) is 0.242. The van der Waals surface area contributed by atoms with Crippen LogP contribution in [0.1, 0.15) is 78.6 Å². The first-order chi connectivity index (χ1) is 14.4. The Kier molecular flexibility index (Phi) is 9.76. The highest BCUT2D eigenvalue weighted by Crippen LogP contribution is 2.32. The second-order valence-corrected chi connectivity index (χ2v) is 8.91. The molecule has 0 radical (unpaired) electrons. The summed E-state index contributed by atoms with van der Waals surface area (Å²) in [5.41, 5.74) is -0.172. The van der Waals surface area contributed by atoms with E-state index >= 15 is 0 Å². The third-order valence-corrected chi connectivity index (χ3v) is 5.94. The van der Waals surface area contributed by atoms with Crippen LogP contribution in [0, 0.1) is 11.8 Å². The van der Waals surface area contributed by atoms with Crippen LogP contribution in [0.15, 0.2) is 23.5 Å². The van der Waals surface area contributed by atoms with Gasteiger partial charge in [-0.3, -0.25) is 19.3 Å². The van der Waals surface area contributed by atoms with Crippen LogP contribution in [-0.2, 0) is 14.4 Å². The molecule has 0 aromatic heterocycles. The zero-order valence-corrected chi connectivity index (χ0v) is 18.8. The molecule has 0 aliphatic carbocycles. The summed E-state index contributed by atoms with van der Waals surface area (Å²) in [5.74, 6) is -1.70. The van der Waals surface area contributed by atoms with Crippen LogP contribution in [0.4, 0.5) is 0 Å². The molecule has 1 unspecified atom stereocenters. The van der Waals surface area contributed by atoms with E-state index in [0.29, 0.717) is 19.3 Å². The summed E-state index contributed by atoms with van der Waals surface area (Å²) in [6.45, 7) is 7.57. The Balaban J connectivity index is 2.14. The van der Waals surface area contributed by atoms with Crippen molar-refractivity contribution >= 4 is 17.6 Å². The number of nitrogens with one attached hydrogen (secondary N) is 1. The van der Waals surface area contributed by atoms with E-state index < -0.39 is 23.6 Å². The van der Waals surface area contributed by atoms with Crippen LogP contribution in [-0.4, -0.2) is 46.7 Å². The number of unbranched alkanes of at least 4 members (excludes halogenated alkanes) is 5. The molecule has 6 nitrogen and oxygen atoms in total. The number of hydrogen-bond acceptors (Lipinski definition) is 5. The van der Waals surface area contributed by atoms with Crippen molar-refractivity contribution < 1.29 is 19.5 Å². The molecule has 0 saturated carbocycles. The Morgan fingerprint density at radius 1 is 1.17 bits per heavy atom. The third-order valence-electron chi connectivity index (χ3n) is 5.94. The molecular weight excluding hydrogens is 380 g/mol. The minimum Gasteiger partial charge on any atom is -0.511 e. The highest BCUT2D eigenvalue weighted by molar-refractivity contribution is 6.31. The maximum absolute atomic E-state index is 13.1. The van der Waals surface area contributed by atoms with Crippen molar-refractivity contribution in [2.24, 2.45) is 11.8 Å². The van der Waals surface area contributed by atoms with Crippen molar-refractivity contribution in [1.82, 2.24) is 10.2 Å². The van der Waals surface area contributed by atoms with Gasteiger partial charge in [-0.2, -0.15) is 0 Å². The van der Waals surface area contributed by atoms with E-state index in [4.69, 9.17) is 0 Å². The molecule has 2 amide bonds. The Hall–Kier alpha value is -1.95. The van der Waals surface area contributed by atoms with Crippen molar-refractivity contribution in [3.05, 3.63) is 23.5 Å². The van der Waals surface area contributed by atoms with Crippen molar-refractivity contribution in [3.63, 3.8) is 0 Å². The number of hydrogen-bond donors (Lipinski definition) is 2. The minimum absolute atomic E-state index is 0.129. The van der Waals surface area contributed by atoms with Crippen molar-refractivity contribution in [3.8, 4) is 0 Å². The number of Topliss-reactive ketones (excluding diaryl/α,β-unsaturated/α-hetero) is 1. The van der Waals surface area contributed by atoms with Crippen LogP contribution >= 0.6 is 0 Å². The van der Waals surface area contributed by atoms with Crippen LogP contribution in [0.3, 0.4) is 0 Å². The number of ketones is 1. The number of nitrogens with zero attached hydrogens (tertiary/aromatic N) is 1. The van der Waals surface area contributed by atoms with Gasteiger partial charge >= 0.3 is 0 Å². The average Bonchev–Trinajstić information content (AvgIpc) is 2.96. The van der Waals surface area contributed by atoms with E-state index in [-0.39, 0.29) is 23.2 Å². The lowest BCUT2D eigenvalue weighted by Gasteiger charge is -2.22. The molecule has 168 valence electrons. The van der Waals surface area contributed by atoms with Gasteiger partial charge in [0.1, 0.15) is 17.4 Å². The first kappa shape index (κ1) is 24.3. The van der Waals surface area contributed by atoms with E-state index in [1.807, 2.05) is 13.8 Å². The molecule has 0 spiro atoms. The second-order valence-electron chi connectivity index (χ2n) is 8.91. The van der Waals surface area contributed by atoms with E-state index in [1.54, 1.807) is 6.08 Å². The van der Waals surface area contributed by atoms with Gasteiger partial charge in [0.15, 0.2) is 5.78 Å². The van der Waals surface area contributed by atoms with Gasteiger partial charge in [-0.25, -0.2) is 0 Å². The van der Waals surface area contributed by atoms with Crippen LogP contribution in [0.25, 0.3) is 0 Å². The van der Waals surface area contributed by atoms with Crippen molar-refractivity contribution in [2.75, 3.05) is 13.1 Å². The zero-order chi connectivity index (χ0) is 22.1. The maximum atomic E-state index is 13.1. The molecule has 2 fully saturated rings. The van der Waals surface area contributed by atoms with E-state index in [1.165, 1.54) is 25.3 Å². The number of piperidine rings is 1. The van der Waals surface area contributed by atoms with Gasteiger partial charge in [0.2, 0.25) is 0 Å². The summed E-state index contributed by atoms with van der Waals surface area (Å²) in [7, 11) is 0. The summed E-state index contributed by atoms with van der Waals surface area (Å²) in [4.78, 5) is 40.0. The minimum atomic E-state index is -0.821. The number of aliphatic hydroxyl groups excluding tert-OH is 1. The predicted octanol–water partition coefficient (Wildman–Crippen LogP) is 4.07. The van der Waals surface area contributed by atoms with E-state index in [9.17, 15) is 19.5 Å². The van der Waals surface area contributed by atoms with Crippen molar-refractivity contribution in [1.29, 1.82) is 0 Å². The number of allylic oxidation sites excluding steroid dienone is 2. The van der Waals surface area contributed by atoms with Gasteiger partial charge < -0.3 is 10.4 Å². The monoisotopic (exact) mass is 418 g/mol. The number of rotatable bonds is 10. The second kappa shape index (κ2) is 12.0. The van der Waals surface area contributed by atoms with Crippen LogP contribution in [0.5, 0.6) is 0 Å². The molecule has 30 heavy (non-hydrogen) atoms. The fraction of sp³-hybridized carbons (Fsp3) is 0.708. The Morgan fingerprint density at radius 3 is 2.47 bits per heavy atom. The topological polar surface area (TPSA) is 86.7 Å². The van der Waals surface area contributed by atoms with Gasteiger partial charge in [0.25, 0.3) is 11.8 Å². The summed E-state index contributed by atoms with van der Waals surface area (Å²) >= 11 is 0. The van der Waals surface area contributed by atoms with Gasteiger partial charge in [-0.1, -0.05) is 52.5 Å². The lowest BCUT2D eigenvalue weighted by atomic mass is 9.91. The number of carbonyl (C=O) groups is 3. The molecule has 2 aliphatic heterocycles. The van der Waals surface area contributed by atoms with E-state index in [0.717, 1.165) is 37.3 Å². The highest BCUT2D eigenvalue weighted by atomic mass is 16.3. The molecular formula is C24H38N2O4. The van der Waals surface area contributed by atoms with Gasteiger partial charge in [-0.05, 0) is 57.2 Å². The SMILES string of the molecule is CCCCCCC/C=C/C(=O)N1C(=O)/C(=C(\O)C2CCNCC2)C(=O)C1CC(C)C. The third kappa shape index (κ3) is 6.27. The standard InChI is InChI=1S/C24H38N2O4/c1-4-5-6-7-8-9-10-11-20(27)26-19(16-17(2)3)23(29)21(24(26)30)22(28)18-12-14-25-15-13-18/h10-11,17-19,25,28H,4-9,12-16H2,1-3H3/b11-10+,22-21-. The first-order valence-electron chi connectivity index (χ1n) is 11.6. The molecule has 0 bridgehead atoms. The van der Waals surface area contributed by atoms with Gasteiger partial charge in [-0.15, -0.1) is 0 Å². The summed E-state index contributed by atoms with van der Waals surface area (Å²) < 4.78 is 0. The summed E-state index contributed by atoms with van der Waals surface area (Å²) in [6.07, 6.45) is 11.5. The van der Waals surface area contributed by atoms with E-state index in [2.05, 4.69) is 12.2 Å². The zero-order valence-electron chi connectivity index (χ0n) is 18.8. The number of amides is 2. The summed E-state index contributed by atoms with van der Waals surface area (Å²) in [5, 5.41) is 13.9. The normalized spacial score (nSPS) is 22.5. The maximum Gasteiger partial charge on any atom is 0.268 e. The molecule has 1 atom stereocenters. The lowest BCUT2D eigenvalue weighted by molar-refractivity contribution is -0.141. The number of likely N-dealkylation sites (tertiary alicyclic amines) is 1. The Bertz CT molecular complexity index is 675. The smallest absolute Gasteiger partial charge is 0.268 e. The van der Waals surface area contributed by atoms with Gasteiger partial charge in [0, 0.05) is 5.92 Å². The number of imide groups is 1. The van der Waals surface area contributed by atoms with Crippen LogP contribution in [0.2, 0.25) is 0 Å². The molecule has 2 aliphatic rings.